The molecule has 0 fully saturated rings. The number of aryl methyl sites for hydroxylation is 1. The number of anilines is 1. The van der Waals surface area contributed by atoms with Gasteiger partial charge in [-0.15, -0.1) is 16.8 Å². The largest absolute Gasteiger partial charge is 0.486 e. The fourth-order valence-electron chi connectivity index (χ4n) is 3.06. The van der Waals surface area contributed by atoms with Crippen molar-refractivity contribution >= 4 is 40.1 Å². The van der Waals surface area contributed by atoms with E-state index in [9.17, 15) is 9.59 Å². The van der Waals surface area contributed by atoms with E-state index in [0.717, 1.165) is 17.1 Å². The van der Waals surface area contributed by atoms with Crippen LogP contribution in [-0.4, -0.2) is 44.0 Å². The van der Waals surface area contributed by atoms with E-state index >= 15 is 0 Å². The van der Waals surface area contributed by atoms with E-state index in [0.29, 0.717) is 39.1 Å². The highest BCUT2D eigenvalue weighted by atomic mass is 32.2. The molecule has 2 heterocycles. The van der Waals surface area contributed by atoms with Crippen LogP contribution in [-0.2, 0) is 22.7 Å². The minimum atomic E-state index is -0.444. The van der Waals surface area contributed by atoms with E-state index in [-0.39, 0.29) is 24.9 Å². The minimum absolute atomic E-state index is 0.0974. The summed E-state index contributed by atoms with van der Waals surface area (Å²) in [7, 11) is 0. The topological polar surface area (TPSA) is 108 Å². The van der Waals surface area contributed by atoms with Gasteiger partial charge in [0.2, 0.25) is 5.91 Å². The number of nitrogens with zero attached hydrogens (tertiary/aromatic N) is 4. The molecule has 35 heavy (non-hydrogen) atoms. The summed E-state index contributed by atoms with van der Waals surface area (Å²) in [6.45, 7) is 12.5. The first-order valence-electron chi connectivity index (χ1n) is 11.1. The summed E-state index contributed by atoms with van der Waals surface area (Å²) in [6.07, 6.45) is 1.74. The Labute approximate surface area is 213 Å². The van der Waals surface area contributed by atoms with E-state index < -0.39 is 5.97 Å². The highest BCUT2D eigenvalue weighted by Crippen LogP contribution is 2.25. The van der Waals surface area contributed by atoms with Crippen molar-refractivity contribution in [1.29, 1.82) is 0 Å². The standard InChI is InChI=1S/C24H29N5O4S2/c1-6-12-29-19(13-33-18-10-8-17(9-11-18)15(3)4)27-28-24(29)34-14-20(30)26-23-25-16(5)21(35-23)22(31)32-7-2/h6,8-11,15H,1,7,12-14H2,2-5H3,(H,25,26,30). The van der Waals surface area contributed by atoms with Gasteiger partial charge in [-0.3, -0.25) is 9.36 Å². The van der Waals surface area contributed by atoms with Crippen molar-refractivity contribution in [2.24, 2.45) is 0 Å². The third-order valence-electron chi connectivity index (χ3n) is 4.86. The van der Waals surface area contributed by atoms with Crippen molar-refractivity contribution in [1.82, 2.24) is 19.7 Å². The molecule has 0 aliphatic rings. The molecule has 3 rings (SSSR count). The van der Waals surface area contributed by atoms with Gasteiger partial charge in [-0.05, 0) is 37.5 Å². The number of ether oxygens (including phenoxy) is 2. The molecule has 0 aliphatic carbocycles. The number of benzene rings is 1. The summed E-state index contributed by atoms with van der Waals surface area (Å²) in [6, 6.07) is 7.98. The second-order valence-corrected chi connectivity index (χ2v) is 9.74. The maximum Gasteiger partial charge on any atom is 0.350 e. The molecule has 0 saturated heterocycles. The smallest absolute Gasteiger partial charge is 0.350 e. The molecule has 1 aromatic carbocycles. The average Bonchev–Trinajstić information content (AvgIpc) is 3.39. The first-order chi connectivity index (χ1) is 16.8. The lowest BCUT2D eigenvalue weighted by molar-refractivity contribution is -0.113. The average molecular weight is 516 g/mol. The third-order valence-corrected chi connectivity index (χ3v) is 6.88. The van der Waals surface area contributed by atoms with Crippen molar-refractivity contribution < 1.29 is 19.1 Å². The van der Waals surface area contributed by atoms with Gasteiger partial charge in [0.05, 0.1) is 18.1 Å². The van der Waals surface area contributed by atoms with Crippen molar-refractivity contribution in [2.45, 2.75) is 51.9 Å². The lowest BCUT2D eigenvalue weighted by atomic mass is 10.0. The number of hydrogen-bond donors (Lipinski definition) is 1. The Bertz CT molecular complexity index is 1170. The number of allylic oxidation sites excluding steroid dienone is 1. The molecule has 1 amide bonds. The zero-order valence-electron chi connectivity index (χ0n) is 20.2. The number of hydrogen-bond acceptors (Lipinski definition) is 9. The maximum atomic E-state index is 12.5. The number of esters is 1. The fourth-order valence-corrected chi connectivity index (χ4v) is 4.71. The summed E-state index contributed by atoms with van der Waals surface area (Å²) in [5.74, 6) is 1.22. The van der Waals surface area contributed by atoms with E-state index in [1.54, 1.807) is 19.9 Å². The zero-order chi connectivity index (χ0) is 25.4. The normalized spacial score (nSPS) is 10.9. The van der Waals surface area contributed by atoms with Gasteiger partial charge in [0, 0.05) is 6.54 Å². The summed E-state index contributed by atoms with van der Waals surface area (Å²) in [5.41, 5.74) is 1.76. The molecule has 1 N–H and O–H groups in total. The predicted octanol–water partition coefficient (Wildman–Crippen LogP) is 4.84. The van der Waals surface area contributed by atoms with Gasteiger partial charge in [-0.2, -0.15) is 0 Å². The van der Waals surface area contributed by atoms with Crippen molar-refractivity contribution in [3.63, 3.8) is 0 Å². The number of carbonyl (C=O) groups is 2. The molecule has 0 radical (unpaired) electrons. The molecule has 3 aromatic rings. The van der Waals surface area contributed by atoms with Crippen LogP contribution in [0.4, 0.5) is 5.13 Å². The molecular weight excluding hydrogens is 486 g/mol. The van der Waals surface area contributed by atoms with Crippen LogP contribution in [0.15, 0.2) is 42.1 Å². The Morgan fingerprint density at radius 2 is 2.00 bits per heavy atom. The van der Waals surface area contributed by atoms with Gasteiger partial charge < -0.3 is 14.8 Å². The number of thiazole rings is 1. The highest BCUT2D eigenvalue weighted by Gasteiger charge is 2.19. The van der Waals surface area contributed by atoms with Crippen LogP contribution in [0, 0.1) is 6.92 Å². The molecule has 2 aromatic heterocycles. The van der Waals surface area contributed by atoms with Gasteiger partial charge >= 0.3 is 5.97 Å². The Balaban J connectivity index is 1.59. The van der Waals surface area contributed by atoms with Gasteiger partial charge in [0.25, 0.3) is 0 Å². The van der Waals surface area contributed by atoms with Crippen LogP contribution < -0.4 is 10.1 Å². The zero-order valence-corrected chi connectivity index (χ0v) is 21.9. The third kappa shape index (κ3) is 7.15. The maximum absolute atomic E-state index is 12.5. The van der Waals surface area contributed by atoms with E-state index in [1.807, 2.05) is 28.8 Å². The molecule has 0 saturated carbocycles. The minimum Gasteiger partial charge on any atom is -0.486 e. The van der Waals surface area contributed by atoms with Crippen LogP contribution in [0.1, 0.15) is 53.4 Å². The van der Waals surface area contributed by atoms with Crippen LogP contribution in [0.25, 0.3) is 0 Å². The van der Waals surface area contributed by atoms with Crippen molar-refractivity contribution in [3.05, 3.63) is 58.9 Å². The van der Waals surface area contributed by atoms with Crippen molar-refractivity contribution in [2.75, 3.05) is 17.7 Å². The van der Waals surface area contributed by atoms with Crippen LogP contribution in [0.5, 0.6) is 5.75 Å². The van der Waals surface area contributed by atoms with Gasteiger partial charge in [0.15, 0.2) is 16.1 Å². The van der Waals surface area contributed by atoms with Crippen LogP contribution >= 0.6 is 23.1 Å². The molecule has 0 atom stereocenters. The molecule has 11 heteroatoms. The number of nitrogens with one attached hydrogen (secondary N) is 1. The van der Waals surface area contributed by atoms with E-state index in [1.165, 1.54) is 17.3 Å². The Morgan fingerprint density at radius 1 is 1.26 bits per heavy atom. The number of rotatable bonds is 12. The molecule has 0 aliphatic heterocycles. The summed E-state index contributed by atoms with van der Waals surface area (Å²) in [5, 5.41) is 12.1. The predicted molar refractivity (Wildman–Crippen MR) is 137 cm³/mol. The lowest BCUT2D eigenvalue weighted by Gasteiger charge is -2.10. The second kappa shape index (κ2) is 12.5. The molecule has 0 bridgehead atoms. The first-order valence-corrected chi connectivity index (χ1v) is 13.0. The van der Waals surface area contributed by atoms with E-state index in [2.05, 4.69) is 40.9 Å². The molecule has 9 nitrogen and oxygen atoms in total. The number of carbonyl (C=O) groups excluding carboxylic acids is 2. The lowest BCUT2D eigenvalue weighted by Crippen LogP contribution is -2.15. The SMILES string of the molecule is C=CCn1c(COc2ccc(C(C)C)cc2)nnc1SCC(=O)Nc1nc(C)c(C(=O)OCC)s1. The Kier molecular flexibility index (Phi) is 9.44. The Hall–Kier alpha value is -3.18. The molecular formula is C24H29N5O4S2. The Morgan fingerprint density at radius 3 is 2.66 bits per heavy atom. The fraction of sp³-hybridized carbons (Fsp3) is 0.375. The summed E-state index contributed by atoms with van der Waals surface area (Å²) < 4.78 is 12.8. The molecule has 186 valence electrons. The van der Waals surface area contributed by atoms with Gasteiger partial charge in [-0.25, -0.2) is 9.78 Å². The second-order valence-electron chi connectivity index (χ2n) is 7.80. The highest BCUT2D eigenvalue weighted by molar-refractivity contribution is 7.99. The van der Waals surface area contributed by atoms with Crippen LogP contribution in [0.2, 0.25) is 0 Å². The number of thioether (sulfide) groups is 1. The van der Waals surface area contributed by atoms with Crippen molar-refractivity contribution in [3.8, 4) is 5.75 Å². The quantitative estimate of drug-likeness (QED) is 0.207. The van der Waals surface area contributed by atoms with Gasteiger partial charge in [0.1, 0.15) is 17.2 Å². The molecule has 0 unspecified atom stereocenters. The van der Waals surface area contributed by atoms with Gasteiger partial charge in [-0.1, -0.05) is 55.2 Å². The molecule has 0 spiro atoms. The first kappa shape index (κ1) is 26.4. The monoisotopic (exact) mass is 515 g/mol. The van der Waals surface area contributed by atoms with E-state index in [4.69, 9.17) is 9.47 Å². The summed E-state index contributed by atoms with van der Waals surface area (Å²) >= 11 is 2.34. The van der Waals surface area contributed by atoms with Crippen LogP contribution in [0.3, 0.4) is 0 Å². The summed E-state index contributed by atoms with van der Waals surface area (Å²) in [4.78, 5) is 29.1. The number of amides is 1. The number of aromatic nitrogens is 4.